The van der Waals surface area contributed by atoms with Gasteiger partial charge in [0.2, 0.25) is 0 Å². The largest absolute Gasteiger partial charge is 0.466 e. The fourth-order valence-corrected chi connectivity index (χ4v) is 4.02. The molecular formula is C25H21N5O5. The second-order valence-corrected chi connectivity index (χ2v) is 7.50. The summed E-state index contributed by atoms with van der Waals surface area (Å²) in [5.74, 6) is -2.11. The van der Waals surface area contributed by atoms with Crippen LogP contribution in [0.1, 0.15) is 17.3 Å². The van der Waals surface area contributed by atoms with Gasteiger partial charge in [0.1, 0.15) is 11.5 Å². The van der Waals surface area contributed by atoms with Gasteiger partial charge < -0.3 is 19.7 Å². The molecule has 1 aliphatic rings. The van der Waals surface area contributed by atoms with Crippen molar-refractivity contribution < 1.29 is 23.6 Å². The predicted molar refractivity (Wildman–Crippen MR) is 124 cm³/mol. The molecule has 2 aromatic carbocycles. The number of carbonyl (C=O) groups is 2. The molecule has 0 spiro atoms. The van der Waals surface area contributed by atoms with Crippen LogP contribution in [0.15, 0.2) is 81.8 Å². The SMILES string of the molecule is COC(=O)C1=C(C(=O)OC)N(c2ccccc2-c2nc(C)no2)C(N)=C(C#N)C1c1ccccc1. The number of ether oxygens (including phenoxy) is 2. The van der Waals surface area contributed by atoms with Crippen molar-refractivity contribution in [2.45, 2.75) is 12.8 Å². The second kappa shape index (κ2) is 9.52. The van der Waals surface area contributed by atoms with Gasteiger partial charge in [-0.2, -0.15) is 10.2 Å². The average Bonchev–Trinajstić information content (AvgIpc) is 3.33. The molecule has 1 unspecified atom stereocenters. The summed E-state index contributed by atoms with van der Waals surface area (Å²) in [5.41, 5.74) is 7.67. The van der Waals surface area contributed by atoms with Crippen molar-refractivity contribution >= 4 is 17.6 Å². The summed E-state index contributed by atoms with van der Waals surface area (Å²) in [4.78, 5) is 31.9. The Hall–Kier alpha value is -4.91. The number of nitriles is 1. The van der Waals surface area contributed by atoms with Gasteiger partial charge in [-0.15, -0.1) is 0 Å². The van der Waals surface area contributed by atoms with Crippen molar-refractivity contribution in [3.05, 3.63) is 88.6 Å². The van der Waals surface area contributed by atoms with Crippen LogP contribution in [-0.4, -0.2) is 36.3 Å². The van der Waals surface area contributed by atoms with E-state index < -0.39 is 17.9 Å². The number of aromatic nitrogens is 2. The van der Waals surface area contributed by atoms with Crippen LogP contribution in [0.25, 0.3) is 11.5 Å². The molecule has 0 bridgehead atoms. The third-order valence-electron chi connectivity index (χ3n) is 5.51. The zero-order valence-electron chi connectivity index (χ0n) is 19.2. The number of rotatable bonds is 5. The minimum Gasteiger partial charge on any atom is -0.466 e. The van der Waals surface area contributed by atoms with Gasteiger partial charge in [-0.1, -0.05) is 47.6 Å². The van der Waals surface area contributed by atoms with Crippen molar-refractivity contribution in [2.24, 2.45) is 5.73 Å². The molecule has 3 aromatic rings. The van der Waals surface area contributed by atoms with Gasteiger partial charge in [-0.05, 0) is 24.6 Å². The van der Waals surface area contributed by atoms with Crippen LogP contribution >= 0.6 is 0 Å². The highest BCUT2D eigenvalue weighted by molar-refractivity contribution is 6.07. The summed E-state index contributed by atoms with van der Waals surface area (Å²) in [7, 11) is 2.38. The van der Waals surface area contributed by atoms with Crippen LogP contribution in [-0.2, 0) is 19.1 Å². The minimum absolute atomic E-state index is 0.0563. The molecule has 2 N–H and O–H groups in total. The van der Waals surface area contributed by atoms with E-state index in [1.807, 2.05) is 0 Å². The summed E-state index contributed by atoms with van der Waals surface area (Å²) < 4.78 is 15.5. The Morgan fingerprint density at radius 3 is 2.31 bits per heavy atom. The highest BCUT2D eigenvalue weighted by Crippen LogP contribution is 2.45. The Balaban J connectivity index is 2.09. The molecule has 4 rings (SSSR count). The van der Waals surface area contributed by atoms with Crippen molar-refractivity contribution in [3.8, 4) is 17.5 Å². The average molecular weight is 471 g/mol. The van der Waals surface area contributed by atoms with Gasteiger partial charge in [-0.3, -0.25) is 4.90 Å². The highest BCUT2D eigenvalue weighted by Gasteiger charge is 2.43. The van der Waals surface area contributed by atoms with E-state index in [2.05, 4.69) is 16.2 Å². The summed E-state index contributed by atoms with van der Waals surface area (Å²) in [6.45, 7) is 1.66. The molecule has 35 heavy (non-hydrogen) atoms. The van der Waals surface area contributed by atoms with Gasteiger partial charge in [0.25, 0.3) is 5.89 Å². The van der Waals surface area contributed by atoms with Crippen molar-refractivity contribution in [2.75, 3.05) is 19.1 Å². The molecule has 0 saturated carbocycles. The Bertz CT molecular complexity index is 1400. The molecule has 0 radical (unpaired) electrons. The third-order valence-corrected chi connectivity index (χ3v) is 5.51. The smallest absolute Gasteiger partial charge is 0.355 e. The van der Waals surface area contributed by atoms with E-state index in [0.717, 1.165) is 0 Å². The van der Waals surface area contributed by atoms with E-state index in [9.17, 15) is 14.9 Å². The lowest BCUT2D eigenvalue weighted by molar-refractivity contribution is -0.139. The van der Waals surface area contributed by atoms with E-state index in [0.29, 0.717) is 22.6 Å². The number of benzene rings is 2. The molecule has 0 aliphatic carbocycles. The molecule has 0 saturated heterocycles. The molecule has 1 atom stereocenters. The zero-order valence-corrected chi connectivity index (χ0v) is 19.2. The van der Waals surface area contributed by atoms with Gasteiger partial charge in [0.15, 0.2) is 5.82 Å². The van der Waals surface area contributed by atoms with Gasteiger partial charge in [0, 0.05) is 0 Å². The first-order valence-electron chi connectivity index (χ1n) is 10.5. The number of allylic oxidation sites excluding steroid dienone is 1. The fraction of sp³-hybridized carbons (Fsp3) is 0.160. The van der Waals surface area contributed by atoms with Crippen LogP contribution in [0, 0.1) is 18.3 Å². The number of methoxy groups -OCH3 is 2. The number of aryl methyl sites for hydroxylation is 1. The number of hydrogen-bond donors (Lipinski definition) is 1. The minimum atomic E-state index is -0.961. The standard InChI is InChI=1S/C25H21N5O5/c1-14-28-23(35-29-14)16-11-7-8-12-18(16)30-21(25(32)34-3)20(24(31)33-2)19(17(13-26)22(30)27)15-9-5-4-6-10-15/h4-12,19H,27H2,1-3H3. The normalized spacial score (nSPS) is 15.6. The van der Waals surface area contributed by atoms with Crippen molar-refractivity contribution in [1.82, 2.24) is 10.1 Å². The van der Waals surface area contributed by atoms with Crippen LogP contribution in [0.5, 0.6) is 0 Å². The van der Waals surface area contributed by atoms with E-state index in [-0.39, 0.29) is 28.6 Å². The summed E-state index contributed by atoms with van der Waals surface area (Å²) >= 11 is 0. The quantitative estimate of drug-likeness (QED) is 0.551. The number of carbonyl (C=O) groups excluding carboxylic acids is 2. The summed E-state index contributed by atoms with van der Waals surface area (Å²) in [6.07, 6.45) is 0. The number of anilines is 1. The molecule has 10 nitrogen and oxygen atoms in total. The van der Waals surface area contributed by atoms with Crippen LogP contribution < -0.4 is 10.6 Å². The lowest BCUT2D eigenvalue weighted by Crippen LogP contribution is -2.41. The van der Waals surface area contributed by atoms with Gasteiger partial charge in [-0.25, -0.2) is 9.59 Å². The van der Waals surface area contributed by atoms with Crippen LogP contribution in [0.4, 0.5) is 5.69 Å². The van der Waals surface area contributed by atoms with Crippen molar-refractivity contribution in [1.29, 1.82) is 5.26 Å². The van der Waals surface area contributed by atoms with Gasteiger partial charge in [0.05, 0.1) is 48.6 Å². The lowest BCUT2D eigenvalue weighted by Gasteiger charge is -2.36. The van der Waals surface area contributed by atoms with Gasteiger partial charge >= 0.3 is 11.9 Å². The molecule has 1 aliphatic heterocycles. The first-order valence-corrected chi connectivity index (χ1v) is 10.5. The second-order valence-electron chi connectivity index (χ2n) is 7.50. The Kier molecular flexibility index (Phi) is 6.33. The monoisotopic (exact) mass is 471 g/mol. The maximum absolute atomic E-state index is 13.2. The van der Waals surface area contributed by atoms with E-state index in [1.165, 1.54) is 19.1 Å². The number of para-hydroxylation sites is 1. The van der Waals surface area contributed by atoms with Crippen molar-refractivity contribution in [3.63, 3.8) is 0 Å². The van der Waals surface area contributed by atoms with E-state index in [1.54, 1.807) is 61.5 Å². The molecule has 1 aromatic heterocycles. The lowest BCUT2D eigenvalue weighted by atomic mass is 9.80. The molecular weight excluding hydrogens is 450 g/mol. The Morgan fingerprint density at radius 2 is 1.71 bits per heavy atom. The number of nitrogens with two attached hydrogens (primary N) is 1. The summed E-state index contributed by atoms with van der Waals surface area (Å²) in [6, 6.07) is 17.7. The van der Waals surface area contributed by atoms with Crippen LogP contribution in [0.2, 0.25) is 0 Å². The molecule has 0 fully saturated rings. The maximum atomic E-state index is 13.2. The highest BCUT2D eigenvalue weighted by atomic mass is 16.5. The zero-order chi connectivity index (χ0) is 25.1. The topological polar surface area (TPSA) is 145 Å². The maximum Gasteiger partial charge on any atom is 0.355 e. The first kappa shape index (κ1) is 23.3. The first-order chi connectivity index (χ1) is 16.9. The number of esters is 2. The van der Waals surface area contributed by atoms with Crippen LogP contribution in [0.3, 0.4) is 0 Å². The molecule has 2 heterocycles. The number of hydrogen-bond acceptors (Lipinski definition) is 10. The Morgan fingerprint density at radius 1 is 1.06 bits per heavy atom. The third kappa shape index (κ3) is 4.00. The summed E-state index contributed by atoms with van der Waals surface area (Å²) in [5, 5.41) is 14.0. The van der Waals surface area contributed by atoms with E-state index in [4.69, 9.17) is 19.7 Å². The molecule has 176 valence electrons. The molecule has 0 amide bonds. The fourth-order valence-electron chi connectivity index (χ4n) is 4.02. The molecule has 10 heteroatoms. The van der Waals surface area contributed by atoms with E-state index >= 15 is 0 Å². The Labute approximate surface area is 200 Å². The number of nitrogens with zero attached hydrogens (tertiary/aromatic N) is 4. The predicted octanol–water partition coefficient (Wildman–Crippen LogP) is 2.94.